The molecule has 0 aliphatic carbocycles. The van der Waals surface area contributed by atoms with Crippen LogP contribution >= 0.6 is 0 Å². The fourth-order valence-corrected chi connectivity index (χ4v) is 3.40. The number of hydrogen-bond acceptors (Lipinski definition) is 5. The van der Waals surface area contributed by atoms with Crippen LogP contribution in [0.1, 0.15) is 16.8 Å². The molecule has 0 N–H and O–H groups in total. The van der Waals surface area contributed by atoms with Gasteiger partial charge in [-0.2, -0.15) is 0 Å². The summed E-state index contributed by atoms with van der Waals surface area (Å²) in [6, 6.07) is 5.45. The lowest BCUT2D eigenvalue weighted by Crippen LogP contribution is -2.58. The molecule has 1 spiro atoms. The second kappa shape index (κ2) is 5.05. The Kier molecular flexibility index (Phi) is 3.03. The van der Waals surface area contributed by atoms with E-state index in [0.29, 0.717) is 5.56 Å². The first kappa shape index (κ1) is 13.2. The first-order valence-electron chi connectivity index (χ1n) is 7.47. The number of rotatable bonds is 2. The number of likely N-dealkylation sites (tertiary alicyclic amines) is 1. The smallest absolute Gasteiger partial charge is 0.255 e. The van der Waals surface area contributed by atoms with Crippen molar-refractivity contribution >= 4 is 11.9 Å². The molecule has 0 unspecified atom stereocenters. The van der Waals surface area contributed by atoms with Crippen LogP contribution in [0, 0.1) is 5.41 Å². The average Bonchev–Trinajstić information content (AvgIpc) is 3.00. The lowest BCUT2D eigenvalue weighted by Gasteiger charge is -2.47. The van der Waals surface area contributed by atoms with Crippen LogP contribution in [0.25, 0.3) is 0 Å². The largest absolute Gasteiger partial charge is 0.339 e. The Morgan fingerprint density at radius 1 is 1.09 bits per heavy atom. The summed E-state index contributed by atoms with van der Waals surface area (Å²) in [6.45, 7) is 3.48. The number of carbonyl (C=O) groups is 1. The van der Waals surface area contributed by atoms with Gasteiger partial charge >= 0.3 is 0 Å². The van der Waals surface area contributed by atoms with Gasteiger partial charge in [-0.15, -0.1) is 0 Å². The predicted octanol–water partition coefficient (Wildman–Crippen LogP) is 1.22. The number of anilines is 1. The van der Waals surface area contributed by atoms with E-state index < -0.39 is 0 Å². The molecule has 112 valence electrons. The van der Waals surface area contributed by atoms with Gasteiger partial charge in [-0.3, -0.25) is 9.78 Å². The molecular weight excluding hydrogens is 278 g/mol. The summed E-state index contributed by atoms with van der Waals surface area (Å²) < 4.78 is 0. The maximum absolute atomic E-state index is 12.5. The minimum absolute atomic E-state index is 0.0828. The predicted molar refractivity (Wildman–Crippen MR) is 81.4 cm³/mol. The molecule has 2 aliphatic heterocycles. The normalized spacial score (nSPS) is 19.3. The van der Waals surface area contributed by atoms with Crippen LogP contribution in [0.15, 0.2) is 43.0 Å². The third kappa shape index (κ3) is 2.20. The number of nitrogens with zero attached hydrogens (tertiary/aromatic N) is 5. The summed E-state index contributed by atoms with van der Waals surface area (Å²) in [5.41, 5.74) is 0.874. The third-order valence-corrected chi connectivity index (χ3v) is 4.52. The zero-order chi connectivity index (χ0) is 15.0. The zero-order valence-electron chi connectivity index (χ0n) is 12.2. The van der Waals surface area contributed by atoms with Gasteiger partial charge < -0.3 is 9.80 Å². The van der Waals surface area contributed by atoms with Crippen molar-refractivity contribution in [2.75, 3.05) is 31.1 Å². The highest BCUT2D eigenvalue weighted by Crippen LogP contribution is 2.41. The number of aromatic nitrogens is 3. The minimum atomic E-state index is 0.0828. The number of hydrogen-bond donors (Lipinski definition) is 0. The molecule has 2 saturated heterocycles. The summed E-state index contributed by atoms with van der Waals surface area (Å²) in [6.07, 6.45) is 7.90. The van der Waals surface area contributed by atoms with Crippen molar-refractivity contribution in [1.82, 2.24) is 19.9 Å². The van der Waals surface area contributed by atoms with Crippen LogP contribution < -0.4 is 4.90 Å². The van der Waals surface area contributed by atoms with Crippen LogP contribution in [0.2, 0.25) is 0 Å². The fraction of sp³-hybridized carbons (Fsp3) is 0.375. The molecule has 0 saturated carbocycles. The lowest BCUT2D eigenvalue weighted by atomic mass is 9.79. The molecule has 0 aromatic carbocycles. The number of amides is 1. The molecule has 6 nitrogen and oxygen atoms in total. The zero-order valence-corrected chi connectivity index (χ0v) is 12.2. The van der Waals surface area contributed by atoms with Crippen molar-refractivity contribution in [3.8, 4) is 0 Å². The molecule has 2 fully saturated rings. The van der Waals surface area contributed by atoms with Gasteiger partial charge in [0.15, 0.2) is 0 Å². The van der Waals surface area contributed by atoms with E-state index in [-0.39, 0.29) is 11.3 Å². The Morgan fingerprint density at radius 3 is 2.64 bits per heavy atom. The Balaban J connectivity index is 1.41. The van der Waals surface area contributed by atoms with Gasteiger partial charge in [0.25, 0.3) is 5.91 Å². The second-order valence-electron chi connectivity index (χ2n) is 6.12. The van der Waals surface area contributed by atoms with Gasteiger partial charge in [-0.05, 0) is 24.6 Å². The van der Waals surface area contributed by atoms with E-state index in [1.807, 2.05) is 17.0 Å². The topological polar surface area (TPSA) is 62.2 Å². The van der Waals surface area contributed by atoms with E-state index in [4.69, 9.17) is 0 Å². The average molecular weight is 295 g/mol. The SMILES string of the molecule is O=C(c1cccnc1)N1CCC2(C1)CN(c1ncccn1)C2. The third-order valence-electron chi connectivity index (χ3n) is 4.52. The highest BCUT2D eigenvalue weighted by atomic mass is 16.2. The molecule has 1 amide bonds. The molecule has 4 rings (SSSR count). The first-order valence-corrected chi connectivity index (χ1v) is 7.47. The van der Waals surface area contributed by atoms with Crippen molar-refractivity contribution in [1.29, 1.82) is 0 Å². The summed E-state index contributed by atoms with van der Waals surface area (Å²) >= 11 is 0. The monoisotopic (exact) mass is 295 g/mol. The molecule has 0 bridgehead atoms. The molecular formula is C16H17N5O. The van der Waals surface area contributed by atoms with Crippen LogP contribution in [-0.4, -0.2) is 51.9 Å². The molecule has 4 heterocycles. The summed E-state index contributed by atoms with van der Waals surface area (Å²) in [7, 11) is 0. The summed E-state index contributed by atoms with van der Waals surface area (Å²) in [5.74, 6) is 0.865. The maximum Gasteiger partial charge on any atom is 0.255 e. The van der Waals surface area contributed by atoms with Crippen molar-refractivity contribution in [3.63, 3.8) is 0 Å². The quantitative estimate of drug-likeness (QED) is 0.834. The van der Waals surface area contributed by atoms with E-state index in [2.05, 4.69) is 19.9 Å². The highest BCUT2D eigenvalue weighted by molar-refractivity contribution is 5.94. The Bertz CT molecular complexity index is 669. The molecule has 0 atom stereocenters. The van der Waals surface area contributed by atoms with Crippen molar-refractivity contribution in [2.45, 2.75) is 6.42 Å². The van der Waals surface area contributed by atoms with E-state index in [1.165, 1.54) is 0 Å². The van der Waals surface area contributed by atoms with Crippen molar-refractivity contribution in [2.24, 2.45) is 5.41 Å². The summed E-state index contributed by atoms with van der Waals surface area (Å²) in [5, 5.41) is 0. The van der Waals surface area contributed by atoms with Crippen LogP contribution in [0.3, 0.4) is 0 Å². The molecule has 2 aromatic heterocycles. The standard InChI is InChI=1S/C16H17N5O/c22-14(13-3-1-5-17-9-13)20-8-4-16(10-20)11-21(12-16)15-18-6-2-7-19-15/h1-3,5-7,9H,4,8,10-12H2. The number of carbonyl (C=O) groups excluding carboxylic acids is 1. The molecule has 0 radical (unpaired) electrons. The fourth-order valence-electron chi connectivity index (χ4n) is 3.40. The molecule has 22 heavy (non-hydrogen) atoms. The van der Waals surface area contributed by atoms with Gasteiger partial charge in [0.2, 0.25) is 5.95 Å². The highest BCUT2D eigenvalue weighted by Gasteiger charge is 2.49. The minimum Gasteiger partial charge on any atom is -0.339 e. The van der Waals surface area contributed by atoms with Crippen LogP contribution in [0.5, 0.6) is 0 Å². The Morgan fingerprint density at radius 2 is 1.91 bits per heavy atom. The van der Waals surface area contributed by atoms with Gasteiger partial charge in [0.1, 0.15) is 0 Å². The molecule has 6 heteroatoms. The van der Waals surface area contributed by atoms with E-state index in [9.17, 15) is 4.79 Å². The Labute approximate surface area is 128 Å². The van der Waals surface area contributed by atoms with Gasteiger partial charge in [0.05, 0.1) is 5.56 Å². The molecule has 2 aliphatic rings. The second-order valence-corrected chi connectivity index (χ2v) is 6.12. The van der Waals surface area contributed by atoms with Crippen molar-refractivity contribution < 1.29 is 4.79 Å². The molecule has 2 aromatic rings. The van der Waals surface area contributed by atoms with Gasteiger partial charge in [-0.25, -0.2) is 9.97 Å². The van der Waals surface area contributed by atoms with Crippen LogP contribution in [-0.2, 0) is 0 Å². The first-order chi connectivity index (χ1) is 10.8. The Hall–Kier alpha value is -2.50. The van der Waals surface area contributed by atoms with E-state index in [0.717, 1.165) is 38.5 Å². The van der Waals surface area contributed by atoms with Gasteiger partial charge in [-0.1, -0.05) is 0 Å². The van der Waals surface area contributed by atoms with Gasteiger partial charge in [0, 0.05) is 56.4 Å². The summed E-state index contributed by atoms with van der Waals surface area (Å²) in [4.78, 5) is 29.2. The number of pyridine rings is 1. The van der Waals surface area contributed by atoms with E-state index >= 15 is 0 Å². The maximum atomic E-state index is 12.5. The lowest BCUT2D eigenvalue weighted by molar-refractivity contribution is 0.0762. The van der Waals surface area contributed by atoms with Crippen molar-refractivity contribution in [3.05, 3.63) is 48.5 Å². The van der Waals surface area contributed by atoms with E-state index in [1.54, 1.807) is 30.9 Å². The van der Waals surface area contributed by atoms with Crippen LogP contribution in [0.4, 0.5) is 5.95 Å².